The van der Waals surface area contributed by atoms with Gasteiger partial charge in [-0.3, -0.25) is 42.6 Å². The first-order valence-corrected chi connectivity index (χ1v) is 31.1. The molecule has 2 unspecified atom stereocenters. The van der Waals surface area contributed by atoms with E-state index in [1.165, 1.54) is 82.0 Å². The zero-order valence-corrected chi connectivity index (χ0v) is 50.4. The quantitative estimate of drug-likeness (QED) is 0.0234. The highest BCUT2D eigenvalue weighted by atomic mass is 31.3. The van der Waals surface area contributed by atoms with E-state index in [1.54, 1.807) is 0 Å². The molecule has 3 aliphatic rings. The van der Waals surface area contributed by atoms with Gasteiger partial charge >= 0.3 is 40.8 Å². The number of hydrogen-bond donors (Lipinski definition) is 2. The number of H-pyrrole nitrogens is 1. The number of fused-ring (bicyclic) bond motifs is 1. The van der Waals surface area contributed by atoms with Gasteiger partial charge in [-0.2, -0.15) is 5.26 Å². The van der Waals surface area contributed by atoms with E-state index in [9.17, 15) is 38.2 Å². The van der Waals surface area contributed by atoms with Gasteiger partial charge in [0.2, 0.25) is 5.91 Å². The van der Waals surface area contributed by atoms with Crippen LogP contribution in [0.15, 0.2) is 21.9 Å². The smallest absolute Gasteiger partial charge is 0.349 e. The first-order chi connectivity index (χ1) is 36.0. The van der Waals surface area contributed by atoms with E-state index in [0.717, 1.165) is 44.5 Å². The lowest BCUT2D eigenvalue weighted by molar-refractivity contribution is -0.929. The first kappa shape index (κ1) is 67.8. The molecule has 4 heterocycles. The summed E-state index contributed by atoms with van der Waals surface area (Å²) in [5, 5.41) is 10.6. The van der Waals surface area contributed by atoms with Crippen molar-refractivity contribution in [2.45, 2.75) is 220 Å². The number of phosphoric ester groups is 1. The van der Waals surface area contributed by atoms with Gasteiger partial charge in [0.25, 0.3) is 13.4 Å². The molecule has 27 heteroatoms. The van der Waals surface area contributed by atoms with Crippen molar-refractivity contribution in [3.05, 3.63) is 33.1 Å². The normalized spacial score (nSPS) is 25.4. The fourth-order valence-electron chi connectivity index (χ4n) is 9.93. The summed E-state index contributed by atoms with van der Waals surface area (Å²) < 4.78 is 79.4. The fraction of sp³-hybridized carbons (Fsp3) is 0.820. The Morgan fingerprint density at radius 1 is 0.844 bits per heavy atom. The van der Waals surface area contributed by atoms with Crippen LogP contribution < -0.4 is 21.5 Å². The van der Waals surface area contributed by atoms with Crippen molar-refractivity contribution in [3.63, 3.8) is 0 Å². The number of carbonyl (C=O) groups excluding carboxylic acids is 4. The highest BCUT2D eigenvalue weighted by molar-refractivity contribution is 7.57. The number of quaternary nitrogens is 1. The summed E-state index contributed by atoms with van der Waals surface area (Å²) in [7, 11) is -11.9. The fourth-order valence-corrected chi connectivity index (χ4v) is 17.1. The molecule has 3 aliphatic heterocycles. The largest absolute Gasteiger partial charge is 0.756 e. The highest BCUT2D eigenvalue weighted by Gasteiger charge is 2.65. The third-order valence-corrected chi connectivity index (χ3v) is 20.8. The molecule has 0 aliphatic carbocycles. The van der Waals surface area contributed by atoms with E-state index in [-0.39, 0.29) is 13.0 Å². The molecule has 4 rings (SSSR count). The minimum Gasteiger partial charge on any atom is -0.756 e. The number of unbranched alkanes of at least 4 members (excludes halogenated alkanes) is 4. The molecule has 77 heavy (non-hydrogen) atoms. The average molecular weight is 1150 g/mol. The van der Waals surface area contributed by atoms with Gasteiger partial charge in [0.15, 0.2) is 30.8 Å². The van der Waals surface area contributed by atoms with Gasteiger partial charge in [-0.15, -0.1) is 0 Å². The highest BCUT2D eigenvalue weighted by Crippen LogP contribution is 2.59. The molecule has 3 fully saturated rings. The number of nitrogens with zero attached hydrogens (tertiary/aromatic N) is 3. The Kier molecular flexibility index (Phi) is 27.2. The Morgan fingerprint density at radius 2 is 1.36 bits per heavy atom. The molecule has 1 amide bonds. The molecule has 3 saturated heterocycles. The lowest BCUT2D eigenvalue weighted by Gasteiger charge is -2.58. The zero-order valence-electron chi connectivity index (χ0n) is 47.7. The number of carbonyl (C=O) groups is 4. The van der Waals surface area contributed by atoms with Crippen LogP contribution in [0.2, 0.25) is 10.1 Å². The molecule has 0 radical (unpaired) electrons. The van der Waals surface area contributed by atoms with Crippen molar-refractivity contribution in [3.8, 4) is 6.07 Å². The maximum absolute atomic E-state index is 13.7. The molecule has 440 valence electrons. The van der Waals surface area contributed by atoms with E-state index >= 15 is 0 Å². The van der Waals surface area contributed by atoms with Crippen LogP contribution in [0.25, 0.3) is 0 Å². The van der Waals surface area contributed by atoms with Crippen LogP contribution >= 0.6 is 16.4 Å². The maximum Gasteiger partial charge on any atom is 0.349 e. The van der Waals surface area contributed by atoms with E-state index in [1.807, 2.05) is 52.6 Å². The summed E-state index contributed by atoms with van der Waals surface area (Å²) in [6, 6.07) is 1.32. The van der Waals surface area contributed by atoms with Gasteiger partial charge in [-0.05, 0) is 25.7 Å². The molecule has 0 aromatic carbocycles. The molecular weight excluding hydrogens is 1060 g/mol. The third kappa shape index (κ3) is 19.9. The number of phosphoric acid groups is 1. The van der Waals surface area contributed by atoms with Crippen molar-refractivity contribution in [2.75, 3.05) is 46.0 Å². The van der Waals surface area contributed by atoms with E-state index in [2.05, 4.69) is 33.0 Å². The summed E-state index contributed by atoms with van der Waals surface area (Å²) >= 11 is 0. The summed E-state index contributed by atoms with van der Waals surface area (Å²) in [5.41, 5.74) is -1.71. The minimum atomic E-state index is -5.65. The Balaban J connectivity index is 0.000000785. The maximum atomic E-state index is 13.7. The summed E-state index contributed by atoms with van der Waals surface area (Å²) in [4.78, 5) is 89.6. The van der Waals surface area contributed by atoms with Gasteiger partial charge in [0.1, 0.15) is 24.4 Å². The van der Waals surface area contributed by atoms with Gasteiger partial charge < -0.3 is 56.3 Å². The molecule has 0 spiro atoms. The average Bonchev–Trinajstić information content (AvgIpc) is 3.64. The van der Waals surface area contributed by atoms with Crippen LogP contribution in [0.5, 0.6) is 0 Å². The van der Waals surface area contributed by atoms with Crippen LogP contribution in [0, 0.1) is 11.3 Å². The minimum absolute atomic E-state index is 0.127. The van der Waals surface area contributed by atoms with Crippen molar-refractivity contribution in [1.29, 1.82) is 5.26 Å². The van der Waals surface area contributed by atoms with Gasteiger partial charge in [0, 0.05) is 50.0 Å². The number of aromatic amines is 1. The topological polar surface area (TPSA) is 301 Å². The number of nitrogens with one attached hydrogen (secondary N) is 2. The second kappa shape index (κ2) is 30.9. The standard InChI is InChI=1S/C34H52N4O19P2Si.C16H36N/c1-18(39)36-25-28(51-20(3)41)27-23(17-49-60(56-27,33(5,6)7)34(8,9)10)54-31(25)55-59(45,46)57-58(47-15-11-13-35)48-16-22-26(50-19(2)40)29(52-21(4)42)30(53-22)38-14-12-24(43)37-32(38)44;1-5-9-13-17(14-10-6-2,15-11-7-3)16-12-8-4/h12,14,22-23,25-31H,11,15-17H2,1-10H3,(H,36,39)(H,45,46)(H,37,43,44);5-16H2,1-4H3/q;+1/p-1/t22-,23-,25-,26-,27-,28-,29-,30-,31-,58?;/m1./s1. The van der Waals surface area contributed by atoms with Crippen molar-refractivity contribution >= 4 is 48.8 Å². The number of rotatable bonds is 27. The Bertz CT molecular complexity index is 2220. The summed E-state index contributed by atoms with van der Waals surface area (Å²) in [5.74, 6) is -3.18. The van der Waals surface area contributed by atoms with E-state index < -0.39 is 139 Å². The number of ether oxygens (including phenoxy) is 5. The molecule has 2 N–H and O–H groups in total. The lowest BCUT2D eigenvalue weighted by Crippen LogP contribution is -2.73. The van der Waals surface area contributed by atoms with Crippen LogP contribution in [0.1, 0.15) is 161 Å². The molecule has 24 nitrogen and oxygen atoms in total. The van der Waals surface area contributed by atoms with E-state index in [4.69, 9.17) is 55.7 Å². The van der Waals surface area contributed by atoms with Crippen LogP contribution in [-0.4, -0.2) is 141 Å². The SMILES string of the molecule is CC(=O)N[C@H]1[C@@H](OP(=O)([O-])OP(OCCC#N)OC[C@H]2O[C@@H](n3ccc(=O)[nH]c3=O)[C@H](OC(C)=O)[C@@H]2OC(C)=O)O[C@@H]2CO[Si](C(C)(C)C)(C(C)(C)C)O[C@H]2[C@@H]1OC(C)=O.CCCC[N+](CCCC)(CCCC)CCCC. The monoisotopic (exact) mass is 1150 g/mol. The molecule has 1 aromatic rings. The number of esters is 3. The van der Waals surface area contributed by atoms with E-state index in [0.29, 0.717) is 0 Å². The molecule has 1 aromatic heterocycles. The van der Waals surface area contributed by atoms with Gasteiger partial charge in [0.05, 0.1) is 58.5 Å². The Labute approximate surface area is 456 Å². The second-order valence-electron chi connectivity index (χ2n) is 21.6. The number of nitriles is 1. The molecule has 0 bridgehead atoms. The molecule has 11 atom stereocenters. The van der Waals surface area contributed by atoms with Crippen LogP contribution in [0.4, 0.5) is 0 Å². The first-order valence-electron chi connectivity index (χ1n) is 26.7. The predicted molar refractivity (Wildman–Crippen MR) is 282 cm³/mol. The predicted octanol–water partition coefficient (Wildman–Crippen LogP) is 6.60. The molecule has 0 saturated carbocycles. The summed E-state index contributed by atoms with van der Waals surface area (Å²) in [6.45, 7) is 29.9. The van der Waals surface area contributed by atoms with Gasteiger partial charge in [-0.25, -0.2) is 9.11 Å². The number of hydrogen-bond acceptors (Lipinski definition) is 20. The lowest BCUT2D eigenvalue weighted by atomic mass is 9.96. The van der Waals surface area contributed by atoms with Crippen molar-refractivity contribution in [1.82, 2.24) is 14.9 Å². The third-order valence-electron chi connectivity index (χ3n) is 13.2. The Morgan fingerprint density at radius 3 is 1.83 bits per heavy atom. The second-order valence-corrected chi connectivity index (χ2v) is 29.1. The Hall–Kier alpha value is -3.47. The molecular formula is C50H87N5O19P2Si. The van der Waals surface area contributed by atoms with Crippen LogP contribution in [-0.2, 0) is 74.2 Å². The zero-order chi connectivity index (χ0) is 57.9. The number of aromatic nitrogens is 2. The van der Waals surface area contributed by atoms with Crippen LogP contribution in [0.3, 0.4) is 0 Å². The van der Waals surface area contributed by atoms with Gasteiger partial charge in [-0.1, -0.05) is 94.9 Å². The number of amides is 1. The summed E-state index contributed by atoms with van der Waals surface area (Å²) in [6.07, 6.45) is 0.616. The van der Waals surface area contributed by atoms with Crippen molar-refractivity contribution in [2.24, 2.45) is 0 Å². The van der Waals surface area contributed by atoms with Crippen molar-refractivity contribution < 1.29 is 83.5 Å².